The van der Waals surface area contributed by atoms with E-state index >= 15 is 0 Å². The number of phosphoric acid groups is 1. The van der Waals surface area contributed by atoms with Crippen LogP contribution < -0.4 is 0 Å². The van der Waals surface area contributed by atoms with Gasteiger partial charge in [-0.15, -0.1) is 0 Å². The molecule has 0 aliphatic rings. The molecule has 2 unspecified atom stereocenters. The summed E-state index contributed by atoms with van der Waals surface area (Å²) >= 11 is 0. The highest BCUT2D eigenvalue weighted by Gasteiger charge is 2.24. The molecule has 0 radical (unpaired) electrons. The lowest BCUT2D eigenvalue weighted by Gasteiger charge is -2.19. The number of allylic oxidation sites excluding steroid dienone is 6. The monoisotopic (exact) mass is 769 g/mol. The molecule has 0 heterocycles. The Hall–Kier alpha value is -1.73. The van der Waals surface area contributed by atoms with Gasteiger partial charge in [0.1, 0.15) is 6.61 Å². The number of carbonyl (C=O) groups is 2. The molecule has 0 saturated heterocycles. The standard InChI is InChI=1S/C44H81O8P/c1-4-6-8-10-12-14-16-18-19-20-21-22-23-24-25-27-28-30-32-34-36-38-43(45)50-40-42(41-51-53(47,48)49-3)52-44(46)39-37-35-33-31-29-26-17-15-13-11-9-7-5-2/h7,9,13,15,26,29,42H,4-6,8,10-12,14,16-25,27-28,30-41H2,1-3H3,(H,47,48)/b9-7-,15-13-,29-26-. The molecule has 0 bridgehead atoms. The Morgan fingerprint density at radius 1 is 0.547 bits per heavy atom. The fourth-order valence-corrected chi connectivity index (χ4v) is 6.55. The minimum absolute atomic E-state index is 0.211. The lowest BCUT2D eigenvalue weighted by Crippen LogP contribution is -2.29. The molecule has 1 N–H and O–H groups in total. The van der Waals surface area contributed by atoms with Gasteiger partial charge in [0, 0.05) is 20.0 Å². The van der Waals surface area contributed by atoms with Crippen molar-refractivity contribution < 1.29 is 37.6 Å². The number of ether oxygens (including phenoxy) is 2. The molecule has 0 aliphatic heterocycles. The van der Waals surface area contributed by atoms with E-state index in [0.29, 0.717) is 6.42 Å². The molecule has 0 aromatic heterocycles. The molecule has 2 atom stereocenters. The van der Waals surface area contributed by atoms with Crippen molar-refractivity contribution in [1.29, 1.82) is 0 Å². The van der Waals surface area contributed by atoms with E-state index in [0.717, 1.165) is 64.9 Å². The van der Waals surface area contributed by atoms with E-state index in [4.69, 9.17) is 14.0 Å². The molecule has 0 aliphatic carbocycles. The topological polar surface area (TPSA) is 108 Å². The highest BCUT2D eigenvalue weighted by molar-refractivity contribution is 7.47. The quantitative estimate of drug-likeness (QED) is 0.0284. The van der Waals surface area contributed by atoms with Crippen LogP contribution in [0.1, 0.15) is 206 Å². The Balaban J connectivity index is 3.93. The average molecular weight is 769 g/mol. The largest absolute Gasteiger partial charge is 0.472 e. The zero-order chi connectivity index (χ0) is 38.9. The summed E-state index contributed by atoms with van der Waals surface area (Å²) in [6, 6.07) is 0. The van der Waals surface area contributed by atoms with Crippen molar-refractivity contribution in [2.24, 2.45) is 0 Å². The first kappa shape index (κ1) is 51.3. The first-order valence-corrected chi connectivity index (χ1v) is 23.2. The number of rotatable bonds is 40. The summed E-state index contributed by atoms with van der Waals surface area (Å²) in [6.45, 7) is 3.76. The van der Waals surface area contributed by atoms with Gasteiger partial charge in [-0.2, -0.15) is 0 Å². The summed E-state index contributed by atoms with van der Waals surface area (Å²) in [5, 5.41) is 0. The van der Waals surface area contributed by atoms with Gasteiger partial charge in [-0.05, 0) is 44.9 Å². The Morgan fingerprint density at radius 3 is 1.43 bits per heavy atom. The number of hydrogen-bond acceptors (Lipinski definition) is 7. The van der Waals surface area contributed by atoms with E-state index in [9.17, 15) is 19.0 Å². The summed E-state index contributed by atoms with van der Waals surface area (Å²) in [4.78, 5) is 34.4. The highest BCUT2D eigenvalue weighted by atomic mass is 31.2. The molecule has 8 nitrogen and oxygen atoms in total. The highest BCUT2D eigenvalue weighted by Crippen LogP contribution is 2.42. The van der Waals surface area contributed by atoms with Crippen molar-refractivity contribution in [2.75, 3.05) is 20.3 Å². The Bertz CT molecular complexity index is 963. The predicted molar refractivity (Wildman–Crippen MR) is 221 cm³/mol. The first-order valence-electron chi connectivity index (χ1n) is 21.7. The van der Waals surface area contributed by atoms with Crippen molar-refractivity contribution >= 4 is 19.8 Å². The Morgan fingerprint density at radius 2 is 0.962 bits per heavy atom. The van der Waals surface area contributed by atoms with Gasteiger partial charge in [0.15, 0.2) is 6.10 Å². The molecule has 0 rings (SSSR count). The maximum atomic E-state index is 12.5. The Labute approximate surface area is 325 Å². The van der Waals surface area contributed by atoms with Crippen molar-refractivity contribution in [3.05, 3.63) is 36.5 Å². The van der Waals surface area contributed by atoms with E-state index in [1.165, 1.54) is 116 Å². The van der Waals surface area contributed by atoms with Gasteiger partial charge in [0.25, 0.3) is 0 Å². The minimum atomic E-state index is -4.27. The maximum absolute atomic E-state index is 12.5. The van der Waals surface area contributed by atoms with Crippen LogP contribution in [0.4, 0.5) is 0 Å². The molecule has 0 aromatic rings. The summed E-state index contributed by atoms with van der Waals surface area (Å²) in [6.07, 6.45) is 46.4. The molecule has 0 fully saturated rings. The fourth-order valence-electron chi connectivity index (χ4n) is 6.09. The van der Waals surface area contributed by atoms with Crippen LogP contribution in [0.5, 0.6) is 0 Å². The third-order valence-corrected chi connectivity index (χ3v) is 10.3. The van der Waals surface area contributed by atoms with E-state index in [2.05, 4.69) is 54.8 Å². The van der Waals surface area contributed by atoms with Crippen LogP contribution in [0, 0.1) is 0 Å². The number of phosphoric ester groups is 1. The van der Waals surface area contributed by atoms with Crippen molar-refractivity contribution in [3.8, 4) is 0 Å². The van der Waals surface area contributed by atoms with Gasteiger partial charge in [-0.25, -0.2) is 4.57 Å². The second kappa shape index (κ2) is 39.9. The molecule has 53 heavy (non-hydrogen) atoms. The number of unbranched alkanes of at least 4 members (excludes halogenated alkanes) is 23. The second-order valence-electron chi connectivity index (χ2n) is 14.5. The first-order chi connectivity index (χ1) is 25.8. The van der Waals surface area contributed by atoms with Crippen LogP contribution >= 0.6 is 7.82 Å². The van der Waals surface area contributed by atoms with Gasteiger partial charge >= 0.3 is 19.8 Å². The third kappa shape index (κ3) is 39.8. The van der Waals surface area contributed by atoms with Crippen LogP contribution in [-0.2, 0) is 32.7 Å². The van der Waals surface area contributed by atoms with Gasteiger partial charge in [-0.3, -0.25) is 18.6 Å². The molecular weight excluding hydrogens is 687 g/mol. The summed E-state index contributed by atoms with van der Waals surface area (Å²) < 4.78 is 31.9. The van der Waals surface area contributed by atoms with E-state index in [1.54, 1.807) is 0 Å². The van der Waals surface area contributed by atoms with E-state index < -0.39 is 26.5 Å². The zero-order valence-corrected chi connectivity index (χ0v) is 35.3. The van der Waals surface area contributed by atoms with Crippen LogP contribution in [0.15, 0.2) is 36.5 Å². The lowest BCUT2D eigenvalue weighted by atomic mass is 10.0. The summed E-state index contributed by atoms with van der Waals surface area (Å²) in [7, 11) is -3.21. The summed E-state index contributed by atoms with van der Waals surface area (Å²) in [5.41, 5.74) is 0. The number of hydrogen-bond donors (Lipinski definition) is 1. The van der Waals surface area contributed by atoms with Crippen LogP contribution in [-0.4, -0.2) is 43.3 Å². The second-order valence-corrected chi connectivity index (χ2v) is 16.0. The summed E-state index contributed by atoms with van der Waals surface area (Å²) in [5.74, 6) is -0.832. The SMILES string of the molecule is CC/C=C\C/C=C\C/C=C\CCCCCC(=O)OC(COC(=O)CCCCCCCCCCCCCCCCCCCCCCC)COP(=O)(O)OC. The van der Waals surface area contributed by atoms with Gasteiger partial charge < -0.3 is 14.4 Å². The van der Waals surface area contributed by atoms with Crippen LogP contribution in [0.2, 0.25) is 0 Å². The molecular formula is C44H81O8P. The maximum Gasteiger partial charge on any atom is 0.472 e. The van der Waals surface area contributed by atoms with Crippen molar-refractivity contribution in [1.82, 2.24) is 0 Å². The Kier molecular flexibility index (Phi) is 38.6. The molecule has 310 valence electrons. The van der Waals surface area contributed by atoms with Gasteiger partial charge in [0.05, 0.1) is 6.61 Å². The molecule has 0 aromatic carbocycles. The average Bonchev–Trinajstić information content (AvgIpc) is 3.15. The van der Waals surface area contributed by atoms with E-state index in [-0.39, 0.29) is 25.4 Å². The zero-order valence-electron chi connectivity index (χ0n) is 34.4. The van der Waals surface area contributed by atoms with Gasteiger partial charge in [-0.1, -0.05) is 185 Å². The molecule has 0 amide bonds. The van der Waals surface area contributed by atoms with E-state index in [1.807, 2.05) is 0 Å². The molecule has 0 saturated carbocycles. The number of esters is 2. The normalized spacial score (nSPS) is 13.7. The lowest BCUT2D eigenvalue weighted by molar-refractivity contribution is -0.161. The minimum Gasteiger partial charge on any atom is -0.462 e. The smallest absolute Gasteiger partial charge is 0.462 e. The van der Waals surface area contributed by atoms with Crippen molar-refractivity contribution in [3.63, 3.8) is 0 Å². The number of carbonyl (C=O) groups excluding carboxylic acids is 2. The third-order valence-electron chi connectivity index (χ3n) is 9.40. The predicted octanol–water partition coefficient (Wildman–Crippen LogP) is 13.6. The fraction of sp³-hybridized carbons (Fsp3) is 0.818. The molecule has 0 spiro atoms. The molecule has 9 heteroatoms. The van der Waals surface area contributed by atoms with Gasteiger partial charge in [0.2, 0.25) is 0 Å². The van der Waals surface area contributed by atoms with Crippen molar-refractivity contribution in [2.45, 2.75) is 213 Å². The van der Waals surface area contributed by atoms with Crippen LogP contribution in [0.25, 0.3) is 0 Å². The van der Waals surface area contributed by atoms with Crippen LogP contribution in [0.3, 0.4) is 0 Å².